The van der Waals surface area contributed by atoms with Crippen molar-refractivity contribution in [3.05, 3.63) is 11.6 Å². The molecule has 114 valence electrons. The first-order valence-corrected chi connectivity index (χ1v) is 8.00. The van der Waals surface area contributed by atoms with Crippen molar-refractivity contribution in [3.8, 4) is 0 Å². The third kappa shape index (κ3) is 3.01. The van der Waals surface area contributed by atoms with Crippen LogP contribution in [0.1, 0.15) is 6.92 Å². The highest BCUT2D eigenvalue weighted by Crippen LogP contribution is 2.22. The summed E-state index contributed by atoms with van der Waals surface area (Å²) in [5, 5.41) is 5.60. The summed E-state index contributed by atoms with van der Waals surface area (Å²) in [6, 6.07) is 0.113. The first-order chi connectivity index (χ1) is 10.1. The molecule has 0 spiro atoms. The zero-order chi connectivity index (χ0) is 14.8. The van der Waals surface area contributed by atoms with Crippen molar-refractivity contribution in [2.75, 3.05) is 44.2 Å². The third-order valence-electron chi connectivity index (χ3n) is 3.95. The number of anilines is 1. The van der Waals surface area contributed by atoms with E-state index in [2.05, 4.69) is 27.0 Å². The van der Waals surface area contributed by atoms with Gasteiger partial charge in [0, 0.05) is 50.3 Å². The molecule has 0 aromatic carbocycles. The molecule has 1 N–H and O–H groups in total. The Morgan fingerprint density at radius 1 is 1.38 bits per heavy atom. The highest BCUT2D eigenvalue weighted by atomic mass is 32.1. The number of carbonyl (C=O) groups is 2. The second kappa shape index (κ2) is 5.98. The van der Waals surface area contributed by atoms with E-state index in [0.29, 0.717) is 12.6 Å². The maximum absolute atomic E-state index is 11.5. The van der Waals surface area contributed by atoms with Gasteiger partial charge in [-0.25, -0.2) is 9.78 Å². The van der Waals surface area contributed by atoms with Crippen LogP contribution >= 0.6 is 11.3 Å². The molecule has 3 rings (SSSR count). The van der Waals surface area contributed by atoms with Crippen LogP contribution in [-0.4, -0.2) is 72.0 Å². The number of thiazole rings is 1. The average Bonchev–Trinajstić information content (AvgIpc) is 3.08. The molecule has 0 bridgehead atoms. The predicted molar refractivity (Wildman–Crippen MR) is 80.5 cm³/mol. The van der Waals surface area contributed by atoms with Gasteiger partial charge in [-0.3, -0.25) is 14.6 Å². The molecule has 1 aromatic rings. The minimum Gasteiger partial charge on any atom is -0.343 e. The topological polar surface area (TPSA) is 68.8 Å². The molecule has 2 fully saturated rings. The number of imide groups is 1. The lowest BCUT2D eigenvalue weighted by Crippen LogP contribution is -2.53. The molecule has 3 amide bonds. The monoisotopic (exact) mass is 309 g/mol. The fourth-order valence-corrected chi connectivity index (χ4v) is 3.57. The summed E-state index contributed by atoms with van der Waals surface area (Å²) in [5.74, 6) is -0.130. The van der Waals surface area contributed by atoms with Crippen LogP contribution in [-0.2, 0) is 4.79 Å². The van der Waals surface area contributed by atoms with Crippen LogP contribution in [0.2, 0.25) is 0 Å². The van der Waals surface area contributed by atoms with Crippen molar-refractivity contribution < 1.29 is 9.59 Å². The summed E-state index contributed by atoms with van der Waals surface area (Å²) in [5.41, 5.74) is 0. The molecule has 2 aliphatic heterocycles. The van der Waals surface area contributed by atoms with Gasteiger partial charge in [-0.15, -0.1) is 11.3 Å². The summed E-state index contributed by atoms with van der Waals surface area (Å²) >= 11 is 1.66. The Labute approximate surface area is 127 Å². The number of nitrogens with zero attached hydrogens (tertiary/aromatic N) is 4. The van der Waals surface area contributed by atoms with Crippen LogP contribution in [0.15, 0.2) is 11.6 Å². The Hall–Kier alpha value is -1.67. The van der Waals surface area contributed by atoms with Gasteiger partial charge in [0.05, 0.1) is 6.54 Å². The normalized spacial score (nSPS) is 23.8. The summed E-state index contributed by atoms with van der Waals surface area (Å²) < 4.78 is 0. The molecular formula is C13H19N5O2S. The van der Waals surface area contributed by atoms with Crippen molar-refractivity contribution in [2.45, 2.75) is 13.0 Å². The van der Waals surface area contributed by atoms with Crippen molar-refractivity contribution in [2.24, 2.45) is 0 Å². The zero-order valence-corrected chi connectivity index (χ0v) is 12.8. The van der Waals surface area contributed by atoms with Crippen molar-refractivity contribution in [3.63, 3.8) is 0 Å². The fourth-order valence-electron chi connectivity index (χ4n) is 2.80. The zero-order valence-electron chi connectivity index (χ0n) is 12.0. The van der Waals surface area contributed by atoms with Gasteiger partial charge in [0.25, 0.3) is 0 Å². The van der Waals surface area contributed by atoms with E-state index in [1.165, 1.54) is 4.90 Å². The number of amides is 3. The Bertz CT molecular complexity index is 505. The second-order valence-electron chi connectivity index (χ2n) is 5.36. The molecule has 1 atom stereocenters. The highest BCUT2D eigenvalue weighted by Gasteiger charge is 2.30. The van der Waals surface area contributed by atoms with E-state index in [1.807, 2.05) is 11.6 Å². The van der Waals surface area contributed by atoms with E-state index in [4.69, 9.17) is 0 Å². The summed E-state index contributed by atoms with van der Waals surface area (Å²) in [7, 11) is 0. The fraction of sp³-hybridized carbons (Fsp3) is 0.615. The van der Waals surface area contributed by atoms with Crippen LogP contribution in [0.4, 0.5) is 9.93 Å². The Morgan fingerprint density at radius 2 is 2.24 bits per heavy atom. The largest absolute Gasteiger partial charge is 0.343 e. The van der Waals surface area contributed by atoms with E-state index in [9.17, 15) is 9.59 Å². The Morgan fingerprint density at radius 3 is 2.86 bits per heavy atom. The van der Waals surface area contributed by atoms with E-state index < -0.39 is 0 Å². The van der Waals surface area contributed by atoms with Crippen molar-refractivity contribution >= 4 is 28.4 Å². The van der Waals surface area contributed by atoms with Gasteiger partial charge < -0.3 is 10.2 Å². The minimum absolute atomic E-state index is 0.130. The lowest BCUT2D eigenvalue weighted by Gasteiger charge is -2.40. The quantitative estimate of drug-likeness (QED) is 0.805. The van der Waals surface area contributed by atoms with Gasteiger partial charge in [-0.2, -0.15) is 0 Å². The van der Waals surface area contributed by atoms with Gasteiger partial charge in [-0.05, 0) is 6.92 Å². The Kier molecular flexibility index (Phi) is 4.07. The average molecular weight is 309 g/mol. The van der Waals surface area contributed by atoms with Crippen LogP contribution in [0.3, 0.4) is 0 Å². The van der Waals surface area contributed by atoms with Crippen molar-refractivity contribution in [1.82, 2.24) is 20.1 Å². The molecule has 2 saturated heterocycles. The number of hydrogen-bond acceptors (Lipinski definition) is 6. The molecule has 2 aliphatic rings. The highest BCUT2D eigenvalue weighted by molar-refractivity contribution is 7.13. The van der Waals surface area contributed by atoms with Crippen LogP contribution in [0.5, 0.6) is 0 Å². The smallest absolute Gasteiger partial charge is 0.324 e. The molecule has 0 unspecified atom stereocenters. The van der Waals surface area contributed by atoms with E-state index in [-0.39, 0.29) is 18.5 Å². The second-order valence-corrected chi connectivity index (χ2v) is 6.23. The number of piperazine rings is 1. The maximum Gasteiger partial charge on any atom is 0.324 e. The summed E-state index contributed by atoms with van der Waals surface area (Å²) in [6.45, 7) is 6.28. The number of urea groups is 1. The molecule has 8 heteroatoms. The lowest BCUT2D eigenvalue weighted by atomic mass is 10.2. The van der Waals surface area contributed by atoms with Crippen molar-refractivity contribution in [1.29, 1.82) is 0 Å². The molecular weight excluding hydrogens is 290 g/mol. The van der Waals surface area contributed by atoms with Gasteiger partial charge in [0.15, 0.2) is 5.13 Å². The standard InChI is InChI=1S/C13H19N5O2S/c1-10-9-16(3-5-17(10)13-14-2-7-21-13)4-6-18-11(19)8-15-12(18)20/h2,7,10H,3-6,8-9H2,1H3,(H,15,20)/t10-/m0/s1. The predicted octanol–water partition coefficient (Wildman–Crippen LogP) is 0.205. The van der Waals surface area contributed by atoms with E-state index in [0.717, 1.165) is 31.3 Å². The summed E-state index contributed by atoms with van der Waals surface area (Å²) in [4.78, 5) is 33.3. The number of carbonyl (C=O) groups excluding carboxylic acids is 2. The molecule has 1 aromatic heterocycles. The van der Waals surface area contributed by atoms with Gasteiger partial charge in [-0.1, -0.05) is 0 Å². The summed E-state index contributed by atoms with van der Waals surface area (Å²) in [6.07, 6.45) is 1.83. The molecule has 7 nitrogen and oxygen atoms in total. The number of hydrogen-bond donors (Lipinski definition) is 1. The number of aromatic nitrogens is 1. The SMILES string of the molecule is C[C@H]1CN(CCN2C(=O)CNC2=O)CCN1c1nccs1. The van der Waals surface area contributed by atoms with Gasteiger partial charge in [0.2, 0.25) is 5.91 Å². The van der Waals surface area contributed by atoms with Crippen LogP contribution in [0, 0.1) is 0 Å². The molecule has 0 aliphatic carbocycles. The van der Waals surface area contributed by atoms with E-state index >= 15 is 0 Å². The molecule has 0 saturated carbocycles. The minimum atomic E-state index is -0.269. The molecule has 3 heterocycles. The third-order valence-corrected chi connectivity index (χ3v) is 4.76. The van der Waals surface area contributed by atoms with Crippen LogP contribution < -0.4 is 10.2 Å². The lowest BCUT2D eigenvalue weighted by molar-refractivity contribution is -0.125. The van der Waals surface area contributed by atoms with Crippen LogP contribution in [0.25, 0.3) is 0 Å². The van der Waals surface area contributed by atoms with Gasteiger partial charge in [0.1, 0.15) is 0 Å². The van der Waals surface area contributed by atoms with Gasteiger partial charge >= 0.3 is 6.03 Å². The first kappa shape index (κ1) is 14.3. The first-order valence-electron chi connectivity index (χ1n) is 7.12. The number of rotatable bonds is 4. The Balaban J connectivity index is 1.51. The molecule has 0 radical (unpaired) electrons. The maximum atomic E-state index is 11.5. The number of nitrogens with one attached hydrogen (secondary N) is 1. The molecule has 21 heavy (non-hydrogen) atoms. The van der Waals surface area contributed by atoms with E-state index in [1.54, 1.807) is 11.3 Å².